The van der Waals surface area contributed by atoms with Crippen molar-refractivity contribution in [1.29, 1.82) is 0 Å². The molecule has 1 aromatic carbocycles. The number of ether oxygens (including phenoxy) is 1. The van der Waals surface area contributed by atoms with Gasteiger partial charge in [-0.15, -0.1) is 0 Å². The summed E-state index contributed by atoms with van der Waals surface area (Å²) < 4.78 is 5.39. The van der Waals surface area contributed by atoms with E-state index in [2.05, 4.69) is 36.9 Å². The standard InChI is InChI=1S/C14H21N3O2S/c1-14(2,3)10-5-7-11(8-6-10)19-9-12(18)16-17-13(20)15-4/h5-8H,9H2,1-4H3,(H,16,18)(H2,15,17,20). The number of amides is 1. The van der Waals surface area contributed by atoms with Crippen LogP contribution in [0, 0.1) is 0 Å². The lowest BCUT2D eigenvalue weighted by atomic mass is 9.87. The average Bonchev–Trinajstić information content (AvgIpc) is 2.41. The molecule has 0 fully saturated rings. The largest absolute Gasteiger partial charge is 0.484 e. The molecule has 1 aromatic rings. The summed E-state index contributed by atoms with van der Waals surface area (Å²) in [6.07, 6.45) is 0. The number of benzene rings is 1. The first-order chi connectivity index (χ1) is 9.32. The van der Waals surface area contributed by atoms with Crippen molar-refractivity contribution in [2.24, 2.45) is 0 Å². The highest BCUT2D eigenvalue weighted by Crippen LogP contribution is 2.24. The Morgan fingerprint density at radius 3 is 2.30 bits per heavy atom. The molecular formula is C14H21N3O2S. The molecule has 20 heavy (non-hydrogen) atoms. The fraction of sp³-hybridized carbons (Fsp3) is 0.429. The predicted octanol–water partition coefficient (Wildman–Crippen LogP) is 1.49. The summed E-state index contributed by atoms with van der Waals surface area (Å²) in [7, 11) is 1.66. The number of hydrogen-bond donors (Lipinski definition) is 3. The van der Waals surface area contributed by atoms with Gasteiger partial charge in [-0.1, -0.05) is 32.9 Å². The van der Waals surface area contributed by atoms with Gasteiger partial charge in [0.05, 0.1) is 0 Å². The highest BCUT2D eigenvalue weighted by molar-refractivity contribution is 7.80. The van der Waals surface area contributed by atoms with Crippen LogP contribution >= 0.6 is 12.2 Å². The molecule has 3 N–H and O–H groups in total. The van der Waals surface area contributed by atoms with Crippen LogP contribution in [0.15, 0.2) is 24.3 Å². The fourth-order valence-electron chi connectivity index (χ4n) is 1.43. The van der Waals surface area contributed by atoms with Gasteiger partial charge in [-0.05, 0) is 35.3 Å². The molecule has 0 aliphatic carbocycles. The second kappa shape index (κ2) is 7.09. The zero-order valence-electron chi connectivity index (χ0n) is 12.2. The Morgan fingerprint density at radius 2 is 1.80 bits per heavy atom. The third-order valence-electron chi connectivity index (χ3n) is 2.63. The molecule has 1 amide bonds. The summed E-state index contributed by atoms with van der Waals surface area (Å²) in [4.78, 5) is 11.5. The van der Waals surface area contributed by atoms with E-state index in [4.69, 9.17) is 17.0 Å². The first-order valence-electron chi connectivity index (χ1n) is 6.33. The highest BCUT2D eigenvalue weighted by Gasteiger charge is 2.13. The molecule has 5 nitrogen and oxygen atoms in total. The molecule has 0 bridgehead atoms. The number of thiocarbonyl (C=S) groups is 1. The van der Waals surface area contributed by atoms with Gasteiger partial charge in [-0.2, -0.15) is 0 Å². The van der Waals surface area contributed by atoms with Gasteiger partial charge in [-0.25, -0.2) is 0 Å². The summed E-state index contributed by atoms with van der Waals surface area (Å²) >= 11 is 4.82. The topological polar surface area (TPSA) is 62.4 Å². The lowest BCUT2D eigenvalue weighted by Gasteiger charge is -2.19. The van der Waals surface area contributed by atoms with Crippen molar-refractivity contribution in [2.45, 2.75) is 26.2 Å². The van der Waals surface area contributed by atoms with Crippen LogP contribution in [0.2, 0.25) is 0 Å². The van der Waals surface area contributed by atoms with Crippen molar-refractivity contribution in [3.8, 4) is 5.75 Å². The van der Waals surface area contributed by atoms with Crippen molar-refractivity contribution in [1.82, 2.24) is 16.2 Å². The molecule has 0 atom stereocenters. The Kier molecular flexibility index (Phi) is 5.76. The third-order valence-corrected chi connectivity index (χ3v) is 2.94. The van der Waals surface area contributed by atoms with Crippen molar-refractivity contribution in [2.75, 3.05) is 13.7 Å². The van der Waals surface area contributed by atoms with Crippen LogP contribution in [-0.2, 0) is 10.2 Å². The van der Waals surface area contributed by atoms with E-state index in [0.717, 1.165) is 0 Å². The molecule has 0 saturated carbocycles. The summed E-state index contributed by atoms with van der Waals surface area (Å²) in [5.74, 6) is 0.354. The summed E-state index contributed by atoms with van der Waals surface area (Å²) in [5.41, 5.74) is 6.28. The van der Waals surface area contributed by atoms with E-state index in [0.29, 0.717) is 10.9 Å². The maximum atomic E-state index is 11.5. The van der Waals surface area contributed by atoms with Gasteiger partial charge in [-0.3, -0.25) is 15.6 Å². The van der Waals surface area contributed by atoms with Gasteiger partial charge >= 0.3 is 0 Å². The lowest BCUT2D eigenvalue weighted by molar-refractivity contribution is -0.123. The van der Waals surface area contributed by atoms with Crippen LogP contribution in [0.4, 0.5) is 0 Å². The monoisotopic (exact) mass is 295 g/mol. The van der Waals surface area contributed by atoms with E-state index in [1.165, 1.54) is 5.56 Å². The van der Waals surface area contributed by atoms with Crippen molar-refractivity contribution < 1.29 is 9.53 Å². The molecule has 0 unspecified atom stereocenters. The van der Waals surface area contributed by atoms with Crippen molar-refractivity contribution in [3.05, 3.63) is 29.8 Å². The summed E-state index contributed by atoms with van der Waals surface area (Å²) in [6, 6.07) is 7.72. The Bertz CT molecular complexity index is 466. The normalized spacial score (nSPS) is 10.6. The molecule has 1 rings (SSSR count). The van der Waals surface area contributed by atoms with E-state index >= 15 is 0 Å². The van der Waals surface area contributed by atoms with Crippen LogP contribution in [0.1, 0.15) is 26.3 Å². The van der Waals surface area contributed by atoms with E-state index < -0.39 is 0 Å². The number of rotatable bonds is 3. The van der Waals surface area contributed by atoms with Crippen molar-refractivity contribution >= 4 is 23.2 Å². The van der Waals surface area contributed by atoms with Crippen LogP contribution in [-0.4, -0.2) is 24.7 Å². The van der Waals surface area contributed by atoms with Crippen LogP contribution in [0.25, 0.3) is 0 Å². The first kappa shape index (κ1) is 16.2. The van der Waals surface area contributed by atoms with Crippen LogP contribution in [0.5, 0.6) is 5.75 Å². The second-order valence-electron chi connectivity index (χ2n) is 5.32. The minimum absolute atomic E-state index is 0.0752. The molecule has 0 aliphatic heterocycles. The van der Waals surface area contributed by atoms with Crippen LogP contribution in [0.3, 0.4) is 0 Å². The lowest BCUT2D eigenvalue weighted by Crippen LogP contribution is -2.47. The molecule has 0 saturated heterocycles. The second-order valence-corrected chi connectivity index (χ2v) is 5.72. The minimum atomic E-state index is -0.303. The van der Waals surface area contributed by atoms with Gasteiger partial charge in [0, 0.05) is 7.05 Å². The Hall–Kier alpha value is -1.82. The van der Waals surface area contributed by atoms with Crippen molar-refractivity contribution in [3.63, 3.8) is 0 Å². The fourth-order valence-corrected chi connectivity index (χ4v) is 1.48. The third kappa shape index (κ3) is 5.44. The highest BCUT2D eigenvalue weighted by atomic mass is 32.1. The molecule has 0 aromatic heterocycles. The Balaban J connectivity index is 2.42. The van der Waals surface area contributed by atoms with E-state index in [1.807, 2.05) is 24.3 Å². The molecule has 0 aliphatic rings. The van der Waals surface area contributed by atoms with Gasteiger partial charge in [0.2, 0.25) is 0 Å². The quantitative estimate of drug-likeness (QED) is 0.582. The van der Waals surface area contributed by atoms with Gasteiger partial charge in [0.15, 0.2) is 11.7 Å². The molecule has 110 valence electrons. The summed E-state index contributed by atoms with van der Waals surface area (Å²) in [6.45, 7) is 6.36. The molecular weight excluding hydrogens is 274 g/mol. The molecule has 0 radical (unpaired) electrons. The first-order valence-corrected chi connectivity index (χ1v) is 6.73. The molecule has 0 spiro atoms. The minimum Gasteiger partial charge on any atom is -0.484 e. The van der Waals surface area contributed by atoms with E-state index in [1.54, 1.807) is 7.05 Å². The Labute approximate surface area is 125 Å². The number of carbonyl (C=O) groups is 1. The van der Waals surface area contributed by atoms with Gasteiger partial charge in [0.1, 0.15) is 5.75 Å². The smallest absolute Gasteiger partial charge is 0.276 e. The van der Waals surface area contributed by atoms with Crippen LogP contribution < -0.4 is 20.9 Å². The summed E-state index contributed by atoms with van der Waals surface area (Å²) in [5, 5.41) is 3.02. The van der Waals surface area contributed by atoms with Gasteiger partial charge in [0.25, 0.3) is 5.91 Å². The van der Waals surface area contributed by atoms with E-state index in [9.17, 15) is 4.79 Å². The predicted molar refractivity (Wildman–Crippen MR) is 83.6 cm³/mol. The maximum absolute atomic E-state index is 11.5. The number of nitrogens with one attached hydrogen (secondary N) is 3. The zero-order chi connectivity index (χ0) is 15.2. The molecule has 6 heteroatoms. The molecule has 0 heterocycles. The Morgan fingerprint density at radius 1 is 1.20 bits per heavy atom. The maximum Gasteiger partial charge on any atom is 0.276 e. The number of carbonyl (C=O) groups excluding carboxylic acids is 1. The number of hydrogen-bond acceptors (Lipinski definition) is 3. The number of hydrazine groups is 1. The SMILES string of the molecule is CNC(=S)NNC(=O)COc1ccc(C(C)(C)C)cc1. The van der Waals surface area contributed by atoms with Gasteiger partial charge < -0.3 is 10.1 Å². The van der Waals surface area contributed by atoms with E-state index in [-0.39, 0.29) is 17.9 Å². The zero-order valence-corrected chi connectivity index (χ0v) is 13.1. The average molecular weight is 295 g/mol.